The van der Waals surface area contributed by atoms with Gasteiger partial charge in [-0.2, -0.15) is 0 Å². The lowest BCUT2D eigenvalue weighted by atomic mass is 9.97. The molecule has 0 spiro atoms. The molecule has 174 valence electrons. The molecule has 0 unspecified atom stereocenters. The van der Waals surface area contributed by atoms with Crippen LogP contribution >= 0.6 is 0 Å². The Labute approximate surface area is 204 Å². The molecule has 5 nitrogen and oxygen atoms in total. The van der Waals surface area contributed by atoms with Gasteiger partial charge in [0.05, 0.1) is 12.9 Å². The summed E-state index contributed by atoms with van der Waals surface area (Å²) in [7, 11) is 0. The first kappa shape index (κ1) is 22.4. The van der Waals surface area contributed by atoms with Crippen LogP contribution in [-0.4, -0.2) is 17.5 Å². The van der Waals surface area contributed by atoms with Gasteiger partial charge in [-0.15, -0.1) is 0 Å². The molecule has 0 radical (unpaired) electrons. The summed E-state index contributed by atoms with van der Waals surface area (Å²) in [6.45, 7) is 6.26. The molecule has 1 N–H and O–H groups in total. The highest BCUT2D eigenvalue weighted by molar-refractivity contribution is 6.05. The number of carbonyl (C=O) groups is 1. The summed E-state index contributed by atoms with van der Waals surface area (Å²) in [5.41, 5.74) is 5.34. The van der Waals surface area contributed by atoms with Crippen LogP contribution in [0, 0.1) is 6.92 Å². The molecule has 5 aromatic rings. The Morgan fingerprint density at radius 1 is 1.06 bits per heavy atom. The zero-order valence-corrected chi connectivity index (χ0v) is 20.0. The van der Waals surface area contributed by atoms with E-state index in [9.17, 15) is 4.79 Å². The Morgan fingerprint density at radius 3 is 2.69 bits per heavy atom. The van der Waals surface area contributed by atoms with Crippen molar-refractivity contribution in [1.29, 1.82) is 0 Å². The molecule has 0 saturated heterocycles. The van der Waals surface area contributed by atoms with Gasteiger partial charge in [0, 0.05) is 34.9 Å². The van der Waals surface area contributed by atoms with E-state index in [-0.39, 0.29) is 5.91 Å². The molecule has 0 fully saturated rings. The van der Waals surface area contributed by atoms with Gasteiger partial charge in [-0.3, -0.25) is 4.79 Å². The number of aryl methyl sites for hydroxylation is 1. The number of nitrogens with one attached hydrogen (secondary N) is 1. The van der Waals surface area contributed by atoms with Gasteiger partial charge in [-0.05, 0) is 66.4 Å². The van der Waals surface area contributed by atoms with Crippen LogP contribution in [0.15, 0.2) is 89.7 Å². The summed E-state index contributed by atoms with van der Waals surface area (Å²) >= 11 is 0. The maximum Gasteiger partial charge on any atom is 0.249 e. The maximum absolute atomic E-state index is 12.8. The second-order valence-corrected chi connectivity index (χ2v) is 8.47. The van der Waals surface area contributed by atoms with E-state index in [0.29, 0.717) is 18.2 Å². The Bertz CT molecular complexity index is 1580. The van der Waals surface area contributed by atoms with Crippen molar-refractivity contribution < 1.29 is 13.9 Å². The molecular weight excluding hydrogens is 436 g/mol. The molecule has 0 aliphatic rings. The molecule has 1 amide bonds. The normalized spacial score (nSPS) is 11.7. The summed E-state index contributed by atoms with van der Waals surface area (Å²) in [5.74, 6) is 0.985. The summed E-state index contributed by atoms with van der Waals surface area (Å²) in [4.78, 5) is 17.0. The zero-order valence-electron chi connectivity index (χ0n) is 20.0. The molecule has 0 bridgehead atoms. The van der Waals surface area contributed by atoms with Crippen LogP contribution in [0.4, 0.5) is 5.82 Å². The van der Waals surface area contributed by atoms with Crippen molar-refractivity contribution >= 4 is 39.0 Å². The minimum Gasteiger partial charge on any atom is -0.493 e. The number of furan rings is 1. The molecule has 5 rings (SSSR count). The second kappa shape index (κ2) is 9.47. The number of anilines is 1. The van der Waals surface area contributed by atoms with Gasteiger partial charge in [0.15, 0.2) is 0 Å². The van der Waals surface area contributed by atoms with Crippen molar-refractivity contribution in [3.05, 3.63) is 96.4 Å². The van der Waals surface area contributed by atoms with Crippen LogP contribution in [0.3, 0.4) is 0 Å². The Balaban J connectivity index is 1.55. The molecule has 5 heteroatoms. The van der Waals surface area contributed by atoms with Crippen LogP contribution in [0.25, 0.3) is 38.4 Å². The molecule has 0 aliphatic heterocycles. The fourth-order valence-electron chi connectivity index (χ4n) is 4.26. The fraction of sp³-hybridized carbons (Fsp3) is 0.133. The molecule has 2 heterocycles. The quantitative estimate of drug-likeness (QED) is 0.267. The summed E-state index contributed by atoms with van der Waals surface area (Å²) < 4.78 is 11.8. The van der Waals surface area contributed by atoms with E-state index >= 15 is 0 Å². The molecule has 35 heavy (non-hydrogen) atoms. The van der Waals surface area contributed by atoms with Crippen LogP contribution < -0.4 is 10.1 Å². The topological polar surface area (TPSA) is 64.4 Å². The summed E-state index contributed by atoms with van der Waals surface area (Å²) in [6, 6.07) is 22.4. The van der Waals surface area contributed by atoms with E-state index in [0.717, 1.165) is 38.8 Å². The van der Waals surface area contributed by atoms with Crippen molar-refractivity contribution in [1.82, 2.24) is 4.98 Å². The van der Waals surface area contributed by atoms with Gasteiger partial charge in [0.25, 0.3) is 0 Å². The number of fused-ring (bicyclic) bond motifs is 2. The van der Waals surface area contributed by atoms with Crippen LogP contribution in [-0.2, 0) is 4.79 Å². The van der Waals surface area contributed by atoms with E-state index in [1.54, 1.807) is 18.5 Å². The summed E-state index contributed by atoms with van der Waals surface area (Å²) in [5, 5.41) is 6.19. The molecule has 0 saturated carbocycles. The lowest BCUT2D eigenvalue weighted by Crippen LogP contribution is -2.11. The standard InChI is InChI=1S/C30H26N2O3/c1-4-34-27-17-28-25(26(18-35-28)23-12-11-21-9-5-6-10-22(21)15-23)16-24(27)20(3)14-29(33)32-30-19(2)8-7-13-31-30/h5-18H,4H2,1-3H3,(H,31,32,33)/b20-14+. The molecule has 0 atom stereocenters. The van der Waals surface area contributed by atoms with Crippen molar-refractivity contribution in [2.75, 3.05) is 11.9 Å². The van der Waals surface area contributed by atoms with Gasteiger partial charge >= 0.3 is 0 Å². The first-order valence-electron chi connectivity index (χ1n) is 11.6. The van der Waals surface area contributed by atoms with Gasteiger partial charge in [0.1, 0.15) is 17.2 Å². The maximum atomic E-state index is 12.8. The predicted molar refractivity (Wildman–Crippen MR) is 142 cm³/mol. The highest BCUT2D eigenvalue weighted by atomic mass is 16.5. The highest BCUT2D eigenvalue weighted by Crippen LogP contribution is 2.38. The Kier molecular flexibility index (Phi) is 6.06. The number of hydrogen-bond acceptors (Lipinski definition) is 4. The minimum atomic E-state index is -0.242. The monoisotopic (exact) mass is 462 g/mol. The van der Waals surface area contributed by atoms with Gasteiger partial charge < -0.3 is 14.5 Å². The predicted octanol–water partition coefficient (Wildman–Crippen LogP) is 7.40. The zero-order chi connectivity index (χ0) is 24.4. The number of nitrogens with zero attached hydrogens (tertiary/aromatic N) is 1. The molecule has 3 aromatic carbocycles. The first-order chi connectivity index (χ1) is 17.0. The molecule has 0 aliphatic carbocycles. The number of pyridine rings is 1. The Hall–Kier alpha value is -4.38. The number of benzene rings is 3. The number of carbonyl (C=O) groups excluding carboxylic acids is 1. The van der Waals surface area contributed by atoms with Crippen LogP contribution in [0.1, 0.15) is 25.0 Å². The largest absolute Gasteiger partial charge is 0.493 e. The SMILES string of the molecule is CCOc1cc2occ(-c3ccc4ccccc4c3)c2cc1/C(C)=C/C(=O)Nc1ncccc1C. The third-order valence-electron chi connectivity index (χ3n) is 6.06. The van der Waals surface area contributed by atoms with Crippen molar-refractivity contribution in [2.24, 2.45) is 0 Å². The van der Waals surface area contributed by atoms with E-state index in [2.05, 4.69) is 40.6 Å². The fourth-order valence-corrected chi connectivity index (χ4v) is 4.26. The average Bonchev–Trinajstić information content (AvgIpc) is 3.27. The van der Waals surface area contributed by atoms with Gasteiger partial charge in [-0.1, -0.05) is 42.5 Å². The first-order valence-corrected chi connectivity index (χ1v) is 11.6. The lowest BCUT2D eigenvalue weighted by molar-refractivity contribution is -0.111. The third kappa shape index (κ3) is 4.53. The third-order valence-corrected chi connectivity index (χ3v) is 6.06. The number of ether oxygens (including phenoxy) is 1. The second-order valence-electron chi connectivity index (χ2n) is 8.47. The van der Waals surface area contributed by atoms with Gasteiger partial charge in [-0.25, -0.2) is 4.98 Å². The number of hydrogen-bond donors (Lipinski definition) is 1. The van der Waals surface area contributed by atoms with E-state index in [1.165, 1.54) is 10.8 Å². The van der Waals surface area contributed by atoms with E-state index in [4.69, 9.17) is 9.15 Å². The lowest BCUT2D eigenvalue weighted by Gasteiger charge is -2.12. The molecule has 2 aromatic heterocycles. The van der Waals surface area contributed by atoms with Crippen LogP contribution in [0.5, 0.6) is 5.75 Å². The van der Waals surface area contributed by atoms with E-state index in [1.807, 2.05) is 57.2 Å². The van der Waals surface area contributed by atoms with Crippen molar-refractivity contribution in [3.8, 4) is 16.9 Å². The smallest absolute Gasteiger partial charge is 0.249 e. The highest BCUT2D eigenvalue weighted by Gasteiger charge is 2.16. The molecular formula is C30H26N2O3. The number of rotatable bonds is 6. The minimum absolute atomic E-state index is 0.242. The number of allylic oxidation sites excluding steroid dienone is 1. The number of amides is 1. The average molecular weight is 463 g/mol. The van der Waals surface area contributed by atoms with Crippen molar-refractivity contribution in [3.63, 3.8) is 0 Å². The van der Waals surface area contributed by atoms with Gasteiger partial charge in [0.2, 0.25) is 5.91 Å². The number of aromatic nitrogens is 1. The van der Waals surface area contributed by atoms with E-state index < -0.39 is 0 Å². The summed E-state index contributed by atoms with van der Waals surface area (Å²) in [6.07, 6.45) is 5.02. The van der Waals surface area contributed by atoms with Crippen LogP contribution in [0.2, 0.25) is 0 Å². The van der Waals surface area contributed by atoms with Crippen molar-refractivity contribution in [2.45, 2.75) is 20.8 Å². The Morgan fingerprint density at radius 2 is 1.89 bits per heavy atom.